The SMILES string of the molecule is C=CN([NH-])CCC. The molecule has 0 fully saturated rings. The van der Waals surface area contributed by atoms with Crippen molar-refractivity contribution in [1.82, 2.24) is 5.01 Å². The van der Waals surface area contributed by atoms with Crippen molar-refractivity contribution < 1.29 is 0 Å². The lowest BCUT2D eigenvalue weighted by Crippen LogP contribution is -2.04. The van der Waals surface area contributed by atoms with Crippen LogP contribution in [0.4, 0.5) is 0 Å². The van der Waals surface area contributed by atoms with Crippen molar-refractivity contribution in [3.05, 3.63) is 18.6 Å². The third-order valence-electron chi connectivity index (χ3n) is 0.685. The summed E-state index contributed by atoms with van der Waals surface area (Å²) in [6, 6.07) is 0. The fourth-order valence-corrected chi connectivity index (χ4v) is 0.332. The molecular weight excluding hydrogens is 88.1 g/mol. The smallest absolute Gasteiger partial charge is 0.00112 e. The molecule has 2 nitrogen and oxygen atoms in total. The molecule has 0 heterocycles. The van der Waals surface area contributed by atoms with Crippen molar-refractivity contribution in [1.29, 1.82) is 0 Å². The third kappa shape index (κ3) is 3.33. The second-order valence-electron chi connectivity index (χ2n) is 1.38. The second kappa shape index (κ2) is 3.68. The molecule has 2 heteroatoms. The first-order chi connectivity index (χ1) is 3.31. The van der Waals surface area contributed by atoms with Gasteiger partial charge in [-0.05, 0) is 19.2 Å². The zero-order valence-corrected chi connectivity index (χ0v) is 4.65. The van der Waals surface area contributed by atoms with Crippen LogP contribution in [0.5, 0.6) is 0 Å². The van der Waals surface area contributed by atoms with Gasteiger partial charge in [0.25, 0.3) is 0 Å². The minimum absolute atomic E-state index is 0.781. The maximum absolute atomic E-state index is 6.94. The Labute approximate surface area is 44.6 Å². The van der Waals surface area contributed by atoms with E-state index in [0.29, 0.717) is 0 Å². The van der Waals surface area contributed by atoms with Gasteiger partial charge in [-0.3, -0.25) is 0 Å². The summed E-state index contributed by atoms with van der Waals surface area (Å²) in [5, 5.41) is 1.32. The van der Waals surface area contributed by atoms with Crippen LogP contribution in [0.2, 0.25) is 0 Å². The standard InChI is InChI=1S/C5H11N2/c1-3-5-7(6)4-2/h4,6H,2-3,5H2,1H3/q-1. The summed E-state index contributed by atoms with van der Waals surface area (Å²) in [7, 11) is 0. The summed E-state index contributed by atoms with van der Waals surface area (Å²) in [5.41, 5.74) is 0. The number of nitrogens with one attached hydrogen (secondary N) is 1. The van der Waals surface area contributed by atoms with E-state index in [0.717, 1.165) is 13.0 Å². The number of hydrogen-bond acceptors (Lipinski definition) is 1. The summed E-state index contributed by atoms with van der Waals surface area (Å²) < 4.78 is 0. The molecule has 0 aromatic rings. The molecular formula is C5H11N2-. The molecule has 0 radical (unpaired) electrons. The van der Waals surface area contributed by atoms with Gasteiger partial charge in [0.05, 0.1) is 0 Å². The first-order valence-electron chi connectivity index (χ1n) is 2.41. The van der Waals surface area contributed by atoms with E-state index in [9.17, 15) is 0 Å². The molecule has 42 valence electrons. The highest BCUT2D eigenvalue weighted by Crippen LogP contribution is 1.87. The molecule has 0 unspecified atom stereocenters. The van der Waals surface area contributed by atoms with Gasteiger partial charge in [-0.1, -0.05) is 13.5 Å². The van der Waals surface area contributed by atoms with Crippen LogP contribution < -0.4 is 0 Å². The van der Waals surface area contributed by atoms with Crippen molar-refractivity contribution in [3.63, 3.8) is 0 Å². The lowest BCUT2D eigenvalue weighted by molar-refractivity contribution is 0.505. The van der Waals surface area contributed by atoms with Gasteiger partial charge in [0, 0.05) is 0 Å². The Bertz CT molecular complexity index is 52.0. The summed E-state index contributed by atoms with van der Waals surface area (Å²) in [4.78, 5) is 0. The first-order valence-corrected chi connectivity index (χ1v) is 2.41. The molecule has 7 heavy (non-hydrogen) atoms. The van der Waals surface area contributed by atoms with E-state index in [-0.39, 0.29) is 0 Å². The summed E-state index contributed by atoms with van der Waals surface area (Å²) in [6.45, 7) is 6.23. The Kier molecular flexibility index (Phi) is 3.42. The van der Waals surface area contributed by atoms with Crippen LogP contribution in [-0.4, -0.2) is 11.6 Å². The van der Waals surface area contributed by atoms with Crippen LogP contribution in [0.25, 0.3) is 5.84 Å². The Balaban J connectivity index is 2.98. The van der Waals surface area contributed by atoms with Gasteiger partial charge in [0.2, 0.25) is 0 Å². The van der Waals surface area contributed by atoms with E-state index >= 15 is 0 Å². The highest BCUT2D eigenvalue weighted by molar-refractivity contribution is 4.69. The molecule has 0 spiro atoms. The Morgan fingerprint density at radius 1 is 1.86 bits per heavy atom. The molecule has 0 aliphatic rings. The first kappa shape index (κ1) is 6.50. The Morgan fingerprint density at radius 2 is 2.43 bits per heavy atom. The van der Waals surface area contributed by atoms with Crippen molar-refractivity contribution in [2.24, 2.45) is 0 Å². The van der Waals surface area contributed by atoms with Crippen LogP contribution in [0.3, 0.4) is 0 Å². The van der Waals surface area contributed by atoms with Crippen LogP contribution in [0.1, 0.15) is 13.3 Å². The minimum atomic E-state index is 0.781. The molecule has 0 aromatic heterocycles. The predicted octanol–water partition coefficient (Wildman–Crippen LogP) is 1.81. The van der Waals surface area contributed by atoms with Crippen molar-refractivity contribution >= 4 is 0 Å². The average Bonchev–Trinajstić information content (AvgIpc) is 1.68. The number of nitrogens with zero attached hydrogens (tertiary/aromatic N) is 1. The lowest BCUT2D eigenvalue weighted by Gasteiger charge is -2.22. The molecule has 0 aliphatic carbocycles. The maximum Gasteiger partial charge on any atom is -0.00112 e. The van der Waals surface area contributed by atoms with Gasteiger partial charge in [-0.25, -0.2) is 0 Å². The molecule has 0 aliphatic heterocycles. The highest BCUT2D eigenvalue weighted by atomic mass is 15.4. The van der Waals surface area contributed by atoms with Gasteiger partial charge in [0.15, 0.2) is 0 Å². The quantitative estimate of drug-likeness (QED) is 0.496. The third-order valence-corrected chi connectivity index (χ3v) is 0.685. The van der Waals surface area contributed by atoms with E-state index in [1.54, 1.807) is 0 Å². The second-order valence-corrected chi connectivity index (χ2v) is 1.38. The van der Waals surface area contributed by atoms with Crippen LogP contribution in [-0.2, 0) is 0 Å². The Morgan fingerprint density at radius 3 is 2.57 bits per heavy atom. The van der Waals surface area contributed by atoms with Gasteiger partial charge in [-0.2, -0.15) is 0 Å². The fraction of sp³-hybridized carbons (Fsp3) is 0.600. The topological polar surface area (TPSA) is 27.0 Å². The highest BCUT2D eigenvalue weighted by Gasteiger charge is 1.73. The summed E-state index contributed by atoms with van der Waals surface area (Å²) in [6.07, 6.45) is 2.51. The van der Waals surface area contributed by atoms with E-state index in [1.807, 2.05) is 6.92 Å². The molecule has 0 bridgehead atoms. The maximum atomic E-state index is 6.94. The summed E-state index contributed by atoms with van der Waals surface area (Å²) in [5.74, 6) is 6.94. The molecule has 0 saturated carbocycles. The molecule has 1 N–H and O–H groups in total. The van der Waals surface area contributed by atoms with E-state index in [1.165, 1.54) is 11.2 Å². The van der Waals surface area contributed by atoms with Gasteiger partial charge < -0.3 is 10.9 Å². The van der Waals surface area contributed by atoms with Gasteiger partial charge in [-0.15, -0.1) is 0 Å². The van der Waals surface area contributed by atoms with Crippen molar-refractivity contribution in [2.75, 3.05) is 6.54 Å². The molecule has 0 amide bonds. The van der Waals surface area contributed by atoms with Crippen LogP contribution >= 0.6 is 0 Å². The number of hydrogen-bond donors (Lipinski definition) is 0. The molecule has 0 rings (SSSR count). The largest absolute Gasteiger partial charge is 0.584 e. The monoisotopic (exact) mass is 99.1 g/mol. The van der Waals surface area contributed by atoms with E-state index in [2.05, 4.69) is 6.58 Å². The lowest BCUT2D eigenvalue weighted by atomic mass is 10.5. The molecule has 0 saturated heterocycles. The van der Waals surface area contributed by atoms with Gasteiger partial charge in [0.1, 0.15) is 0 Å². The molecule has 0 aromatic carbocycles. The van der Waals surface area contributed by atoms with Crippen LogP contribution in [0.15, 0.2) is 12.8 Å². The van der Waals surface area contributed by atoms with Gasteiger partial charge >= 0.3 is 0 Å². The zero-order valence-electron chi connectivity index (χ0n) is 4.65. The van der Waals surface area contributed by atoms with E-state index in [4.69, 9.17) is 5.84 Å². The minimum Gasteiger partial charge on any atom is -0.584 e. The predicted molar refractivity (Wildman–Crippen MR) is 31.5 cm³/mol. The molecule has 0 atom stereocenters. The fourth-order valence-electron chi connectivity index (χ4n) is 0.332. The van der Waals surface area contributed by atoms with Crippen molar-refractivity contribution in [3.8, 4) is 0 Å². The zero-order chi connectivity index (χ0) is 5.70. The van der Waals surface area contributed by atoms with Crippen LogP contribution in [0, 0.1) is 0 Å². The number of rotatable bonds is 3. The van der Waals surface area contributed by atoms with E-state index < -0.39 is 0 Å². The average molecular weight is 99.2 g/mol. The normalized spacial score (nSPS) is 8.29. The summed E-state index contributed by atoms with van der Waals surface area (Å²) >= 11 is 0. The van der Waals surface area contributed by atoms with Crippen molar-refractivity contribution in [2.45, 2.75) is 13.3 Å². The Hall–Kier alpha value is -0.500.